The van der Waals surface area contributed by atoms with Crippen molar-refractivity contribution in [1.29, 1.82) is 0 Å². The van der Waals surface area contributed by atoms with Gasteiger partial charge in [0.15, 0.2) is 0 Å². The Hall–Kier alpha value is -1.81. The summed E-state index contributed by atoms with van der Waals surface area (Å²) in [5.41, 5.74) is 2.57. The normalized spacial score (nSPS) is 17.6. The molecule has 1 aliphatic rings. The van der Waals surface area contributed by atoms with Crippen LogP contribution in [-0.4, -0.2) is 5.91 Å². The molecule has 2 N–H and O–H groups in total. The van der Waals surface area contributed by atoms with E-state index in [2.05, 4.69) is 26.6 Å². The molecule has 0 bridgehead atoms. The molecule has 1 aliphatic heterocycles. The van der Waals surface area contributed by atoms with Crippen LogP contribution in [-0.2, 0) is 0 Å². The molecule has 1 amide bonds. The van der Waals surface area contributed by atoms with Crippen molar-refractivity contribution in [3.05, 3.63) is 64.1 Å². The fraction of sp³-hybridized carbons (Fsp3) is 0.0714. The molecule has 18 heavy (non-hydrogen) atoms. The first kappa shape index (κ1) is 11.3. The average molecular weight is 303 g/mol. The van der Waals surface area contributed by atoms with Gasteiger partial charge in [0.25, 0.3) is 5.91 Å². The van der Waals surface area contributed by atoms with E-state index in [1.807, 2.05) is 48.5 Å². The molecule has 0 aliphatic carbocycles. The van der Waals surface area contributed by atoms with E-state index in [0.717, 1.165) is 15.7 Å². The van der Waals surface area contributed by atoms with Crippen molar-refractivity contribution in [2.45, 2.75) is 6.17 Å². The predicted molar refractivity (Wildman–Crippen MR) is 74.4 cm³/mol. The smallest absolute Gasteiger partial charge is 0.255 e. The SMILES string of the molecule is O=C1N[C@H](c2cccc(Br)c2)Nc2ccccc21. The molecule has 4 heteroatoms. The predicted octanol–water partition coefficient (Wildman–Crippen LogP) is 3.30. The Kier molecular flexibility index (Phi) is 2.80. The molecular weight excluding hydrogens is 292 g/mol. The third kappa shape index (κ3) is 1.99. The standard InChI is InChI=1S/C14H11BrN2O/c15-10-5-3-4-9(8-10)13-16-12-7-2-1-6-11(12)14(18)17-13/h1-8,13,16H,(H,17,18)/t13-/m1/s1. The molecule has 3 rings (SSSR count). The second kappa shape index (κ2) is 4.46. The number of para-hydroxylation sites is 1. The van der Waals surface area contributed by atoms with Crippen LogP contribution in [0, 0.1) is 0 Å². The third-order valence-corrected chi connectivity index (χ3v) is 3.42. The lowest BCUT2D eigenvalue weighted by atomic mass is 10.1. The van der Waals surface area contributed by atoms with Crippen LogP contribution in [0.15, 0.2) is 53.0 Å². The van der Waals surface area contributed by atoms with Gasteiger partial charge in [-0.25, -0.2) is 0 Å². The maximum atomic E-state index is 12.0. The third-order valence-electron chi connectivity index (χ3n) is 2.93. The number of hydrogen-bond acceptors (Lipinski definition) is 2. The maximum absolute atomic E-state index is 12.0. The Morgan fingerprint density at radius 3 is 2.67 bits per heavy atom. The summed E-state index contributed by atoms with van der Waals surface area (Å²) in [6, 6.07) is 15.4. The van der Waals surface area contributed by atoms with Gasteiger partial charge in [-0.3, -0.25) is 4.79 Å². The molecule has 0 saturated heterocycles. The van der Waals surface area contributed by atoms with Crippen molar-refractivity contribution in [1.82, 2.24) is 5.32 Å². The van der Waals surface area contributed by atoms with Gasteiger partial charge in [-0.05, 0) is 29.8 Å². The van der Waals surface area contributed by atoms with Crippen LogP contribution in [0.3, 0.4) is 0 Å². The molecule has 3 nitrogen and oxygen atoms in total. The van der Waals surface area contributed by atoms with E-state index in [9.17, 15) is 4.79 Å². The molecule has 0 radical (unpaired) electrons. The molecule has 0 fully saturated rings. The molecule has 0 unspecified atom stereocenters. The number of carbonyl (C=O) groups excluding carboxylic acids is 1. The topological polar surface area (TPSA) is 41.1 Å². The van der Waals surface area contributed by atoms with Crippen molar-refractivity contribution in [3.8, 4) is 0 Å². The van der Waals surface area contributed by atoms with Crippen LogP contribution in [0.2, 0.25) is 0 Å². The van der Waals surface area contributed by atoms with Gasteiger partial charge in [-0.1, -0.05) is 40.2 Å². The van der Waals surface area contributed by atoms with Gasteiger partial charge in [0.2, 0.25) is 0 Å². The van der Waals surface area contributed by atoms with Crippen molar-refractivity contribution in [2.24, 2.45) is 0 Å². The lowest BCUT2D eigenvalue weighted by Gasteiger charge is -2.28. The number of amides is 1. The zero-order chi connectivity index (χ0) is 12.5. The van der Waals surface area contributed by atoms with Crippen LogP contribution in [0.4, 0.5) is 5.69 Å². The molecule has 1 heterocycles. The van der Waals surface area contributed by atoms with Gasteiger partial charge in [0.05, 0.1) is 5.56 Å². The molecule has 1 atom stereocenters. The van der Waals surface area contributed by atoms with Crippen LogP contribution >= 0.6 is 15.9 Å². The lowest BCUT2D eigenvalue weighted by molar-refractivity contribution is 0.0935. The molecule has 2 aromatic rings. The zero-order valence-corrected chi connectivity index (χ0v) is 11.1. The van der Waals surface area contributed by atoms with Crippen molar-refractivity contribution in [2.75, 3.05) is 5.32 Å². The Bertz CT molecular complexity index is 612. The largest absolute Gasteiger partial charge is 0.361 e. The van der Waals surface area contributed by atoms with Gasteiger partial charge in [-0.2, -0.15) is 0 Å². The van der Waals surface area contributed by atoms with Crippen molar-refractivity contribution in [3.63, 3.8) is 0 Å². The highest BCUT2D eigenvalue weighted by atomic mass is 79.9. The Balaban J connectivity index is 1.97. The monoisotopic (exact) mass is 302 g/mol. The summed E-state index contributed by atoms with van der Waals surface area (Å²) in [7, 11) is 0. The maximum Gasteiger partial charge on any atom is 0.255 e. The summed E-state index contributed by atoms with van der Waals surface area (Å²) in [4.78, 5) is 12.0. The number of fused-ring (bicyclic) bond motifs is 1. The molecule has 2 aromatic carbocycles. The number of nitrogens with one attached hydrogen (secondary N) is 2. The van der Waals surface area contributed by atoms with Crippen LogP contribution in [0.1, 0.15) is 22.1 Å². The van der Waals surface area contributed by atoms with E-state index >= 15 is 0 Å². The van der Waals surface area contributed by atoms with Crippen molar-refractivity contribution >= 4 is 27.5 Å². The minimum absolute atomic E-state index is 0.0469. The van der Waals surface area contributed by atoms with Crippen LogP contribution < -0.4 is 10.6 Å². The Morgan fingerprint density at radius 1 is 1.00 bits per heavy atom. The second-order valence-electron chi connectivity index (χ2n) is 4.15. The summed E-state index contributed by atoms with van der Waals surface area (Å²) in [6.45, 7) is 0. The van der Waals surface area contributed by atoms with E-state index in [1.54, 1.807) is 0 Å². The summed E-state index contributed by atoms with van der Waals surface area (Å²) >= 11 is 3.44. The Morgan fingerprint density at radius 2 is 1.83 bits per heavy atom. The second-order valence-corrected chi connectivity index (χ2v) is 5.07. The first-order valence-corrected chi connectivity index (χ1v) is 6.45. The minimum Gasteiger partial charge on any atom is -0.361 e. The van der Waals surface area contributed by atoms with Gasteiger partial charge in [0.1, 0.15) is 6.17 Å². The summed E-state index contributed by atoms with van der Waals surface area (Å²) in [5.74, 6) is -0.0469. The molecule has 90 valence electrons. The quantitative estimate of drug-likeness (QED) is 0.848. The number of halogens is 1. The fourth-order valence-electron chi connectivity index (χ4n) is 2.06. The fourth-order valence-corrected chi connectivity index (χ4v) is 2.48. The number of anilines is 1. The number of rotatable bonds is 1. The molecule has 0 spiro atoms. The van der Waals surface area contributed by atoms with E-state index < -0.39 is 0 Å². The number of hydrogen-bond donors (Lipinski definition) is 2. The van der Waals surface area contributed by atoms with Gasteiger partial charge < -0.3 is 10.6 Å². The van der Waals surface area contributed by atoms with E-state index in [1.165, 1.54) is 0 Å². The zero-order valence-electron chi connectivity index (χ0n) is 9.48. The lowest BCUT2D eigenvalue weighted by Crippen LogP contribution is -2.38. The van der Waals surface area contributed by atoms with E-state index in [0.29, 0.717) is 5.56 Å². The highest BCUT2D eigenvalue weighted by Gasteiger charge is 2.23. The van der Waals surface area contributed by atoms with E-state index in [4.69, 9.17) is 0 Å². The number of benzene rings is 2. The Labute approximate surface area is 113 Å². The van der Waals surface area contributed by atoms with Crippen LogP contribution in [0.5, 0.6) is 0 Å². The van der Waals surface area contributed by atoms with Gasteiger partial charge in [-0.15, -0.1) is 0 Å². The van der Waals surface area contributed by atoms with Gasteiger partial charge in [0, 0.05) is 10.2 Å². The average Bonchev–Trinajstić information content (AvgIpc) is 2.39. The molecular formula is C14H11BrN2O. The number of carbonyl (C=O) groups is 1. The first-order chi connectivity index (χ1) is 8.74. The molecule has 0 aromatic heterocycles. The summed E-state index contributed by atoms with van der Waals surface area (Å²) in [5, 5.41) is 6.26. The minimum atomic E-state index is -0.190. The summed E-state index contributed by atoms with van der Waals surface area (Å²) in [6.07, 6.45) is -0.190. The van der Waals surface area contributed by atoms with Crippen molar-refractivity contribution < 1.29 is 4.79 Å². The molecule has 0 saturated carbocycles. The summed E-state index contributed by atoms with van der Waals surface area (Å²) < 4.78 is 0.995. The van der Waals surface area contributed by atoms with E-state index in [-0.39, 0.29) is 12.1 Å². The highest BCUT2D eigenvalue weighted by Crippen LogP contribution is 2.27. The van der Waals surface area contributed by atoms with Gasteiger partial charge >= 0.3 is 0 Å². The highest BCUT2D eigenvalue weighted by molar-refractivity contribution is 9.10. The first-order valence-electron chi connectivity index (χ1n) is 5.66. The van der Waals surface area contributed by atoms with Crippen LogP contribution in [0.25, 0.3) is 0 Å².